The molecule has 0 spiro atoms. The van der Waals surface area contributed by atoms with Gasteiger partial charge in [-0.2, -0.15) is 0 Å². The molecule has 0 radical (unpaired) electrons. The van der Waals surface area contributed by atoms with Crippen LogP contribution < -0.4 is 0 Å². The van der Waals surface area contributed by atoms with E-state index in [9.17, 15) is 0 Å². The van der Waals surface area contributed by atoms with Crippen molar-refractivity contribution in [1.82, 2.24) is 0 Å². The molecule has 2 aromatic rings. The van der Waals surface area contributed by atoms with Gasteiger partial charge in [0.2, 0.25) is 0 Å². The number of rotatable bonds is 4. The van der Waals surface area contributed by atoms with Crippen LogP contribution in [0.25, 0.3) is 0 Å². The number of alkyl halides is 1. The molecule has 0 aliphatic rings. The molecule has 0 aliphatic heterocycles. The third-order valence-corrected chi connectivity index (χ3v) is 4.35. The van der Waals surface area contributed by atoms with E-state index in [1.54, 1.807) is 0 Å². The second-order valence-corrected chi connectivity index (χ2v) is 6.58. The summed E-state index contributed by atoms with van der Waals surface area (Å²) in [6.07, 6.45) is 1.03. The highest BCUT2D eigenvalue weighted by Crippen LogP contribution is 2.28. The Balaban J connectivity index is 2.07. The van der Waals surface area contributed by atoms with Crippen LogP contribution in [-0.4, -0.2) is 0 Å². The molecule has 0 nitrogen and oxygen atoms in total. The highest BCUT2D eigenvalue weighted by atomic mass is 79.9. The summed E-state index contributed by atoms with van der Waals surface area (Å²) in [7, 11) is 0. The van der Waals surface area contributed by atoms with E-state index >= 15 is 0 Å². The molecule has 0 N–H and O–H groups in total. The minimum absolute atomic E-state index is 0.386. The van der Waals surface area contributed by atoms with Crippen LogP contribution in [0.1, 0.15) is 46.8 Å². The molecular formula is C18H21Br. The largest absolute Gasteiger partial charge is 0.0835 e. The molecule has 100 valence electrons. The number of aryl methyl sites for hydroxylation is 1. The number of benzene rings is 2. The lowest BCUT2D eigenvalue weighted by atomic mass is 9.98. The molecule has 19 heavy (non-hydrogen) atoms. The van der Waals surface area contributed by atoms with Crippen molar-refractivity contribution in [2.45, 2.75) is 37.9 Å². The molecule has 2 rings (SSSR count). The first kappa shape index (κ1) is 14.3. The van der Waals surface area contributed by atoms with Gasteiger partial charge >= 0.3 is 0 Å². The molecule has 0 aliphatic carbocycles. The molecule has 0 saturated carbocycles. The lowest BCUT2D eigenvalue weighted by Crippen LogP contribution is -1.96. The van der Waals surface area contributed by atoms with Gasteiger partial charge in [0.15, 0.2) is 0 Å². The van der Waals surface area contributed by atoms with Gasteiger partial charge in [-0.1, -0.05) is 83.9 Å². The predicted molar refractivity (Wildman–Crippen MR) is 87.1 cm³/mol. The Bertz CT molecular complexity index is 508. The Labute approximate surface area is 125 Å². The van der Waals surface area contributed by atoms with Gasteiger partial charge in [0.1, 0.15) is 0 Å². The summed E-state index contributed by atoms with van der Waals surface area (Å²) in [6, 6.07) is 17.7. The van der Waals surface area contributed by atoms with Crippen molar-refractivity contribution >= 4 is 15.9 Å². The van der Waals surface area contributed by atoms with Crippen molar-refractivity contribution in [3.63, 3.8) is 0 Å². The zero-order chi connectivity index (χ0) is 13.8. The fourth-order valence-electron chi connectivity index (χ4n) is 2.14. The van der Waals surface area contributed by atoms with E-state index < -0.39 is 0 Å². The summed E-state index contributed by atoms with van der Waals surface area (Å²) in [6.45, 7) is 6.58. The summed E-state index contributed by atoms with van der Waals surface area (Å²) in [4.78, 5) is 0.386. The first-order valence-corrected chi connectivity index (χ1v) is 7.77. The summed E-state index contributed by atoms with van der Waals surface area (Å²) in [5.74, 6) is 0.597. The molecule has 0 fully saturated rings. The van der Waals surface area contributed by atoms with Gasteiger partial charge in [-0.25, -0.2) is 0 Å². The molecule has 0 heterocycles. The van der Waals surface area contributed by atoms with Crippen LogP contribution in [0.15, 0.2) is 48.5 Å². The summed E-state index contributed by atoms with van der Waals surface area (Å²) in [5, 5.41) is 0. The van der Waals surface area contributed by atoms with Gasteiger partial charge in [0.25, 0.3) is 0 Å². The average Bonchev–Trinajstić information content (AvgIpc) is 2.41. The van der Waals surface area contributed by atoms with Crippen LogP contribution >= 0.6 is 15.9 Å². The monoisotopic (exact) mass is 316 g/mol. The molecule has 1 heteroatoms. The second kappa shape index (κ2) is 6.38. The summed E-state index contributed by atoms with van der Waals surface area (Å²) >= 11 is 3.80. The lowest BCUT2D eigenvalue weighted by molar-refractivity contribution is 0.862. The fraction of sp³-hybridized carbons (Fsp3) is 0.333. The number of halogens is 1. The van der Waals surface area contributed by atoms with Crippen LogP contribution in [0.3, 0.4) is 0 Å². The van der Waals surface area contributed by atoms with Gasteiger partial charge in [-0.05, 0) is 36.0 Å². The van der Waals surface area contributed by atoms with E-state index in [0.29, 0.717) is 10.7 Å². The zero-order valence-electron chi connectivity index (χ0n) is 11.9. The van der Waals surface area contributed by atoms with Crippen molar-refractivity contribution in [2.24, 2.45) is 0 Å². The van der Waals surface area contributed by atoms with Crippen LogP contribution in [0.4, 0.5) is 0 Å². The Morgan fingerprint density at radius 3 is 1.89 bits per heavy atom. The van der Waals surface area contributed by atoms with E-state index in [1.807, 2.05) is 0 Å². The van der Waals surface area contributed by atoms with Crippen LogP contribution in [0, 0.1) is 6.92 Å². The van der Waals surface area contributed by atoms with Gasteiger partial charge in [0, 0.05) is 4.83 Å². The molecule has 1 unspecified atom stereocenters. The van der Waals surface area contributed by atoms with Crippen molar-refractivity contribution in [3.05, 3.63) is 70.8 Å². The highest BCUT2D eigenvalue weighted by Gasteiger charge is 2.09. The van der Waals surface area contributed by atoms with Gasteiger partial charge in [0.05, 0.1) is 0 Å². The Morgan fingerprint density at radius 1 is 0.842 bits per heavy atom. The maximum absolute atomic E-state index is 3.80. The van der Waals surface area contributed by atoms with E-state index in [4.69, 9.17) is 0 Å². The first-order chi connectivity index (χ1) is 9.06. The molecule has 0 saturated heterocycles. The third-order valence-electron chi connectivity index (χ3n) is 3.50. The molecule has 2 aromatic carbocycles. The lowest BCUT2D eigenvalue weighted by Gasteiger charge is -2.12. The van der Waals surface area contributed by atoms with Crippen molar-refractivity contribution in [1.29, 1.82) is 0 Å². The van der Waals surface area contributed by atoms with Crippen LogP contribution in [0.2, 0.25) is 0 Å². The first-order valence-electron chi connectivity index (χ1n) is 6.85. The quantitative estimate of drug-likeness (QED) is 0.625. The highest BCUT2D eigenvalue weighted by molar-refractivity contribution is 9.09. The average molecular weight is 317 g/mol. The van der Waals surface area contributed by atoms with E-state index in [2.05, 4.69) is 85.2 Å². The van der Waals surface area contributed by atoms with Gasteiger partial charge in [-0.15, -0.1) is 0 Å². The van der Waals surface area contributed by atoms with Gasteiger partial charge in [-0.3, -0.25) is 0 Å². The SMILES string of the molecule is Cc1ccc(CC(Br)c2ccc(C(C)C)cc2)cc1. The van der Waals surface area contributed by atoms with Crippen molar-refractivity contribution in [3.8, 4) is 0 Å². The predicted octanol–water partition coefficient (Wildman–Crippen LogP) is 5.80. The van der Waals surface area contributed by atoms with Crippen LogP contribution in [0.5, 0.6) is 0 Å². The Morgan fingerprint density at radius 2 is 1.37 bits per heavy atom. The normalized spacial score (nSPS) is 12.7. The molecule has 1 atom stereocenters. The minimum Gasteiger partial charge on any atom is -0.0835 e. The van der Waals surface area contributed by atoms with E-state index in [-0.39, 0.29) is 0 Å². The van der Waals surface area contributed by atoms with Gasteiger partial charge < -0.3 is 0 Å². The molecule has 0 bridgehead atoms. The van der Waals surface area contributed by atoms with E-state index in [0.717, 1.165) is 6.42 Å². The second-order valence-electron chi connectivity index (χ2n) is 5.48. The summed E-state index contributed by atoms with van der Waals surface area (Å²) in [5.41, 5.74) is 5.44. The van der Waals surface area contributed by atoms with Crippen molar-refractivity contribution in [2.75, 3.05) is 0 Å². The minimum atomic E-state index is 0.386. The maximum atomic E-state index is 3.80. The summed E-state index contributed by atoms with van der Waals surface area (Å²) < 4.78 is 0. The fourth-order valence-corrected chi connectivity index (χ4v) is 2.82. The number of hydrogen-bond acceptors (Lipinski definition) is 0. The maximum Gasteiger partial charge on any atom is 0.0435 e. The number of hydrogen-bond donors (Lipinski definition) is 0. The van der Waals surface area contributed by atoms with Crippen LogP contribution in [-0.2, 0) is 6.42 Å². The molecule has 0 aromatic heterocycles. The smallest absolute Gasteiger partial charge is 0.0435 e. The van der Waals surface area contributed by atoms with Crippen molar-refractivity contribution < 1.29 is 0 Å². The third kappa shape index (κ3) is 3.94. The standard InChI is InChI=1S/C18H21Br/c1-13(2)16-8-10-17(11-9-16)18(19)12-15-6-4-14(3)5-7-15/h4-11,13,18H,12H2,1-3H3. The topological polar surface area (TPSA) is 0 Å². The molecule has 0 amide bonds. The zero-order valence-corrected chi connectivity index (χ0v) is 13.4. The Hall–Kier alpha value is -1.08. The molecular weight excluding hydrogens is 296 g/mol. The van der Waals surface area contributed by atoms with E-state index in [1.165, 1.54) is 22.3 Å². The Kier molecular flexibility index (Phi) is 4.81.